The van der Waals surface area contributed by atoms with Crippen LogP contribution in [0.1, 0.15) is 11.3 Å². The molecule has 0 saturated heterocycles. The average molecular weight is 272 g/mol. The van der Waals surface area contributed by atoms with Crippen molar-refractivity contribution in [2.45, 2.75) is 13.1 Å². The molecule has 1 heterocycles. The Morgan fingerprint density at radius 3 is 2.70 bits per heavy atom. The zero-order chi connectivity index (χ0) is 14.2. The minimum absolute atomic E-state index is 0.336. The van der Waals surface area contributed by atoms with Crippen LogP contribution >= 0.6 is 0 Å². The van der Waals surface area contributed by atoms with Crippen LogP contribution in [-0.2, 0) is 17.9 Å². The van der Waals surface area contributed by atoms with Crippen LogP contribution < -0.4 is 10.1 Å². The molecule has 20 heavy (non-hydrogen) atoms. The Hall–Kier alpha value is -2.40. The van der Waals surface area contributed by atoms with Crippen LogP contribution in [0.25, 0.3) is 0 Å². The van der Waals surface area contributed by atoms with E-state index in [0.29, 0.717) is 18.8 Å². The van der Waals surface area contributed by atoms with Gasteiger partial charge in [-0.05, 0) is 18.2 Å². The summed E-state index contributed by atoms with van der Waals surface area (Å²) in [6.07, 6.45) is 1.75. The monoisotopic (exact) mass is 272 g/mol. The lowest BCUT2D eigenvalue weighted by Gasteiger charge is -2.10. The van der Waals surface area contributed by atoms with Gasteiger partial charge in [0.15, 0.2) is 6.61 Å². The minimum Gasteiger partial charge on any atom is -0.482 e. The predicted molar refractivity (Wildman–Crippen MR) is 74.4 cm³/mol. The molecule has 2 aromatic rings. The van der Waals surface area contributed by atoms with Crippen molar-refractivity contribution in [2.75, 3.05) is 6.61 Å². The van der Waals surface area contributed by atoms with Crippen LogP contribution in [0, 0.1) is 0 Å². The smallest absolute Gasteiger partial charge is 0.341 e. The van der Waals surface area contributed by atoms with Crippen LogP contribution in [0.4, 0.5) is 0 Å². The Kier molecular flexibility index (Phi) is 5.08. The maximum absolute atomic E-state index is 10.5. The van der Waals surface area contributed by atoms with Crippen molar-refractivity contribution in [1.82, 2.24) is 10.3 Å². The first kappa shape index (κ1) is 14.0. The molecular formula is C15H16N2O3. The number of carbonyl (C=O) groups is 1. The van der Waals surface area contributed by atoms with E-state index in [2.05, 4.69) is 10.3 Å². The van der Waals surface area contributed by atoms with Crippen molar-refractivity contribution in [2.24, 2.45) is 0 Å². The minimum atomic E-state index is -0.985. The zero-order valence-electron chi connectivity index (χ0n) is 11.0. The van der Waals surface area contributed by atoms with E-state index in [4.69, 9.17) is 9.84 Å². The summed E-state index contributed by atoms with van der Waals surface area (Å²) in [6, 6.07) is 13.1. The third-order valence-corrected chi connectivity index (χ3v) is 2.67. The Bertz CT molecular complexity index is 558. The lowest BCUT2D eigenvalue weighted by Crippen LogP contribution is -2.16. The van der Waals surface area contributed by atoms with Gasteiger partial charge in [-0.2, -0.15) is 0 Å². The van der Waals surface area contributed by atoms with Crippen molar-refractivity contribution in [3.8, 4) is 5.75 Å². The Morgan fingerprint density at radius 1 is 1.15 bits per heavy atom. The van der Waals surface area contributed by atoms with E-state index in [1.165, 1.54) is 0 Å². The molecule has 0 aliphatic carbocycles. The molecule has 104 valence electrons. The molecule has 0 atom stereocenters. The summed E-state index contributed by atoms with van der Waals surface area (Å²) in [5.41, 5.74) is 1.88. The fraction of sp³-hybridized carbons (Fsp3) is 0.200. The maximum atomic E-state index is 10.5. The molecule has 1 aromatic carbocycles. The number of nitrogens with one attached hydrogen (secondary N) is 1. The molecule has 0 saturated carbocycles. The van der Waals surface area contributed by atoms with E-state index in [9.17, 15) is 4.79 Å². The number of nitrogens with zero attached hydrogens (tertiary/aromatic N) is 1. The highest BCUT2D eigenvalue weighted by atomic mass is 16.5. The van der Waals surface area contributed by atoms with Crippen LogP contribution in [0.3, 0.4) is 0 Å². The molecule has 1 aromatic heterocycles. The molecule has 2 rings (SSSR count). The first-order chi connectivity index (χ1) is 9.75. The van der Waals surface area contributed by atoms with Gasteiger partial charge >= 0.3 is 5.97 Å². The molecule has 0 aliphatic heterocycles. The van der Waals surface area contributed by atoms with Gasteiger partial charge in [-0.25, -0.2) is 4.79 Å². The third-order valence-electron chi connectivity index (χ3n) is 2.67. The van der Waals surface area contributed by atoms with Crippen molar-refractivity contribution in [3.63, 3.8) is 0 Å². The fourth-order valence-corrected chi connectivity index (χ4v) is 1.76. The third kappa shape index (κ3) is 4.37. The Labute approximate surface area is 117 Å². The summed E-state index contributed by atoms with van der Waals surface area (Å²) in [5, 5.41) is 11.9. The summed E-state index contributed by atoms with van der Waals surface area (Å²) in [4.78, 5) is 14.8. The highest BCUT2D eigenvalue weighted by Crippen LogP contribution is 2.17. The summed E-state index contributed by atoms with van der Waals surface area (Å²) < 4.78 is 5.25. The fourth-order valence-electron chi connectivity index (χ4n) is 1.76. The van der Waals surface area contributed by atoms with Crippen LogP contribution in [0.15, 0.2) is 48.7 Å². The summed E-state index contributed by atoms with van der Waals surface area (Å²) in [5.74, 6) is -0.398. The van der Waals surface area contributed by atoms with Gasteiger partial charge in [0, 0.05) is 24.8 Å². The molecule has 0 unspecified atom stereocenters. The number of hydrogen-bond acceptors (Lipinski definition) is 4. The number of carboxylic acids is 1. The Balaban J connectivity index is 1.90. The standard InChI is InChI=1S/C15H16N2O3/c18-15(19)11-20-14-7-2-1-5-12(14)9-16-10-13-6-3-4-8-17-13/h1-8,16H,9-11H2,(H,18,19). The van der Waals surface area contributed by atoms with Crippen LogP contribution in [0.2, 0.25) is 0 Å². The first-order valence-corrected chi connectivity index (χ1v) is 6.29. The van der Waals surface area contributed by atoms with Gasteiger partial charge in [0.05, 0.1) is 5.69 Å². The molecule has 0 radical (unpaired) electrons. The van der Waals surface area contributed by atoms with E-state index < -0.39 is 5.97 Å². The van der Waals surface area contributed by atoms with Crippen molar-refractivity contribution in [3.05, 3.63) is 59.9 Å². The molecule has 0 fully saturated rings. The van der Waals surface area contributed by atoms with E-state index in [0.717, 1.165) is 11.3 Å². The van der Waals surface area contributed by atoms with E-state index in [1.807, 2.05) is 36.4 Å². The van der Waals surface area contributed by atoms with E-state index in [1.54, 1.807) is 12.3 Å². The second kappa shape index (κ2) is 7.25. The van der Waals surface area contributed by atoms with E-state index in [-0.39, 0.29) is 6.61 Å². The highest BCUT2D eigenvalue weighted by molar-refractivity contribution is 5.68. The highest BCUT2D eigenvalue weighted by Gasteiger charge is 2.05. The molecule has 0 amide bonds. The number of rotatable bonds is 7. The molecule has 0 spiro atoms. The normalized spacial score (nSPS) is 10.2. The number of benzene rings is 1. The Morgan fingerprint density at radius 2 is 1.95 bits per heavy atom. The first-order valence-electron chi connectivity index (χ1n) is 6.29. The summed E-state index contributed by atoms with van der Waals surface area (Å²) in [7, 11) is 0. The van der Waals surface area contributed by atoms with Gasteiger partial charge in [-0.15, -0.1) is 0 Å². The topological polar surface area (TPSA) is 71.5 Å². The van der Waals surface area contributed by atoms with Crippen molar-refractivity contribution in [1.29, 1.82) is 0 Å². The molecular weight excluding hydrogens is 256 g/mol. The van der Waals surface area contributed by atoms with Gasteiger partial charge in [0.25, 0.3) is 0 Å². The second-order valence-electron chi connectivity index (χ2n) is 4.21. The molecule has 0 bridgehead atoms. The number of ether oxygens (including phenoxy) is 1. The molecule has 5 heteroatoms. The van der Waals surface area contributed by atoms with Crippen molar-refractivity contribution < 1.29 is 14.6 Å². The molecule has 0 aliphatic rings. The second-order valence-corrected chi connectivity index (χ2v) is 4.21. The van der Waals surface area contributed by atoms with Crippen LogP contribution in [-0.4, -0.2) is 22.7 Å². The van der Waals surface area contributed by atoms with Gasteiger partial charge in [0.2, 0.25) is 0 Å². The number of carboxylic acid groups (broad SMARTS) is 1. The van der Waals surface area contributed by atoms with Gasteiger partial charge in [-0.3, -0.25) is 4.98 Å². The SMILES string of the molecule is O=C(O)COc1ccccc1CNCc1ccccn1. The number of aromatic nitrogens is 1. The zero-order valence-corrected chi connectivity index (χ0v) is 11.0. The lowest BCUT2D eigenvalue weighted by molar-refractivity contribution is -0.139. The summed E-state index contributed by atoms with van der Waals surface area (Å²) in [6.45, 7) is 0.901. The number of para-hydroxylation sites is 1. The van der Waals surface area contributed by atoms with E-state index >= 15 is 0 Å². The largest absolute Gasteiger partial charge is 0.482 e. The van der Waals surface area contributed by atoms with Crippen molar-refractivity contribution >= 4 is 5.97 Å². The summed E-state index contributed by atoms with van der Waals surface area (Å²) >= 11 is 0. The van der Waals surface area contributed by atoms with Gasteiger partial charge in [-0.1, -0.05) is 24.3 Å². The molecule has 5 nitrogen and oxygen atoms in total. The number of hydrogen-bond donors (Lipinski definition) is 2. The number of aliphatic carboxylic acids is 1. The molecule has 2 N–H and O–H groups in total. The number of pyridine rings is 1. The average Bonchev–Trinajstić information content (AvgIpc) is 2.47. The maximum Gasteiger partial charge on any atom is 0.341 e. The quantitative estimate of drug-likeness (QED) is 0.804. The predicted octanol–water partition coefficient (Wildman–Crippen LogP) is 1.83. The van der Waals surface area contributed by atoms with Crippen LogP contribution in [0.5, 0.6) is 5.75 Å². The van der Waals surface area contributed by atoms with Gasteiger partial charge < -0.3 is 15.2 Å². The lowest BCUT2D eigenvalue weighted by atomic mass is 10.2. The van der Waals surface area contributed by atoms with Gasteiger partial charge in [0.1, 0.15) is 5.75 Å².